The van der Waals surface area contributed by atoms with Crippen molar-refractivity contribution in [3.63, 3.8) is 0 Å². The number of aryl methyl sites for hydroxylation is 1. The molecule has 0 aliphatic heterocycles. The molecule has 1 aromatic carbocycles. The minimum Gasteiger partial charge on any atom is -0.275 e. The van der Waals surface area contributed by atoms with E-state index in [9.17, 15) is 4.39 Å². The van der Waals surface area contributed by atoms with E-state index in [0.29, 0.717) is 27.0 Å². The van der Waals surface area contributed by atoms with Gasteiger partial charge in [0.25, 0.3) is 0 Å². The summed E-state index contributed by atoms with van der Waals surface area (Å²) < 4.78 is 18.8. The molecule has 0 fully saturated rings. The van der Waals surface area contributed by atoms with Crippen LogP contribution in [0.4, 0.5) is 4.39 Å². The zero-order valence-electron chi connectivity index (χ0n) is 15.5. The Morgan fingerprint density at radius 3 is 2.72 bits per heavy atom. The first-order valence-corrected chi connectivity index (χ1v) is 9.60. The number of rotatable bonds is 3. The minimum atomic E-state index is -0.435. The molecular weight excluding hydrogens is 439 g/mol. The highest BCUT2D eigenvalue weighted by molar-refractivity contribution is 9.10. The number of pyridine rings is 1. The molecule has 0 saturated heterocycles. The van der Waals surface area contributed by atoms with E-state index < -0.39 is 6.04 Å². The number of aromatic nitrogens is 8. The third-order valence-electron chi connectivity index (χ3n) is 4.81. The molecule has 0 radical (unpaired) electrons. The maximum atomic E-state index is 14.9. The van der Waals surface area contributed by atoms with Crippen LogP contribution in [-0.2, 0) is 7.05 Å². The van der Waals surface area contributed by atoms with E-state index in [1.165, 1.54) is 6.07 Å². The summed E-state index contributed by atoms with van der Waals surface area (Å²) in [6.07, 6.45) is 6.95. The van der Waals surface area contributed by atoms with Gasteiger partial charge >= 0.3 is 0 Å². The SMILES string of the molecule is CC(c1cc2cc(-c3cnn(C)c3)cnc2cc1F)n1nnc2ncc(Br)nc21. The first-order chi connectivity index (χ1) is 14.0. The van der Waals surface area contributed by atoms with Crippen LogP contribution in [-0.4, -0.2) is 39.7 Å². The van der Waals surface area contributed by atoms with Crippen molar-refractivity contribution in [2.24, 2.45) is 7.05 Å². The molecule has 0 aliphatic carbocycles. The number of benzene rings is 1. The molecule has 4 heterocycles. The van der Waals surface area contributed by atoms with E-state index in [1.807, 2.05) is 26.2 Å². The summed E-state index contributed by atoms with van der Waals surface area (Å²) in [5.74, 6) is -0.363. The molecule has 4 aromatic heterocycles. The Kier molecular flexibility index (Phi) is 4.09. The summed E-state index contributed by atoms with van der Waals surface area (Å²) in [5.41, 5.74) is 3.80. The van der Waals surface area contributed by atoms with Crippen molar-refractivity contribution in [2.45, 2.75) is 13.0 Å². The molecule has 0 aliphatic rings. The van der Waals surface area contributed by atoms with Crippen molar-refractivity contribution in [2.75, 3.05) is 0 Å². The number of halogens is 2. The van der Waals surface area contributed by atoms with Crippen molar-refractivity contribution < 1.29 is 4.39 Å². The van der Waals surface area contributed by atoms with E-state index in [0.717, 1.165) is 16.5 Å². The predicted octanol–water partition coefficient (Wildman–Crippen LogP) is 3.68. The Morgan fingerprint density at radius 1 is 1.07 bits per heavy atom. The van der Waals surface area contributed by atoms with Crippen LogP contribution < -0.4 is 0 Å². The number of hydrogen-bond acceptors (Lipinski definition) is 6. The third kappa shape index (κ3) is 3.05. The molecule has 0 spiro atoms. The van der Waals surface area contributed by atoms with Crippen molar-refractivity contribution in [3.8, 4) is 11.1 Å². The van der Waals surface area contributed by atoms with Gasteiger partial charge in [-0.15, -0.1) is 5.10 Å². The lowest BCUT2D eigenvalue weighted by Gasteiger charge is -2.14. The van der Waals surface area contributed by atoms with Crippen LogP contribution in [0.15, 0.2) is 47.6 Å². The lowest BCUT2D eigenvalue weighted by Crippen LogP contribution is -2.11. The third-order valence-corrected chi connectivity index (χ3v) is 5.20. The van der Waals surface area contributed by atoms with E-state index >= 15 is 0 Å². The van der Waals surface area contributed by atoms with E-state index in [4.69, 9.17) is 0 Å². The quantitative estimate of drug-likeness (QED) is 0.414. The molecule has 5 aromatic rings. The van der Waals surface area contributed by atoms with Crippen LogP contribution in [0.5, 0.6) is 0 Å². The van der Waals surface area contributed by atoms with Gasteiger partial charge in [-0.1, -0.05) is 5.21 Å². The Hall–Kier alpha value is -3.27. The molecule has 1 unspecified atom stereocenters. The predicted molar refractivity (Wildman–Crippen MR) is 109 cm³/mol. The second-order valence-corrected chi connectivity index (χ2v) is 7.56. The van der Waals surface area contributed by atoms with Crippen LogP contribution in [0.25, 0.3) is 33.3 Å². The van der Waals surface area contributed by atoms with Crippen LogP contribution >= 0.6 is 15.9 Å². The van der Waals surface area contributed by atoms with Gasteiger partial charge in [0.15, 0.2) is 5.65 Å². The number of hydrogen-bond donors (Lipinski definition) is 0. The summed E-state index contributed by atoms with van der Waals surface area (Å²) in [4.78, 5) is 13.0. The first kappa shape index (κ1) is 17.8. The summed E-state index contributed by atoms with van der Waals surface area (Å²) in [6.45, 7) is 1.85. The van der Waals surface area contributed by atoms with Gasteiger partial charge in [-0.25, -0.2) is 19.0 Å². The molecule has 5 rings (SSSR count). The highest BCUT2D eigenvalue weighted by Gasteiger charge is 2.20. The lowest BCUT2D eigenvalue weighted by atomic mass is 10.0. The Bertz CT molecular complexity index is 1380. The zero-order chi connectivity index (χ0) is 20.1. The van der Waals surface area contributed by atoms with Crippen LogP contribution in [0.1, 0.15) is 18.5 Å². The van der Waals surface area contributed by atoms with Crippen molar-refractivity contribution >= 4 is 38.1 Å². The van der Waals surface area contributed by atoms with Crippen molar-refractivity contribution in [1.29, 1.82) is 0 Å². The average Bonchev–Trinajstić information content (AvgIpc) is 3.32. The molecule has 8 nitrogen and oxygen atoms in total. The van der Waals surface area contributed by atoms with Gasteiger partial charge in [-0.2, -0.15) is 5.10 Å². The van der Waals surface area contributed by atoms with Crippen molar-refractivity contribution in [3.05, 3.63) is 59.0 Å². The summed E-state index contributed by atoms with van der Waals surface area (Å²) in [6, 6.07) is 4.77. The molecule has 0 N–H and O–H groups in total. The Balaban J connectivity index is 1.63. The Labute approximate surface area is 172 Å². The molecular formula is C19H14BrFN8. The molecule has 1 atom stereocenters. The molecule has 10 heteroatoms. The van der Waals surface area contributed by atoms with Gasteiger partial charge < -0.3 is 0 Å². The fourth-order valence-electron chi connectivity index (χ4n) is 3.32. The van der Waals surface area contributed by atoms with Gasteiger partial charge in [0.05, 0.1) is 24.0 Å². The smallest absolute Gasteiger partial charge is 0.221 e. The molecule has 0 bridgehead atoms. The molecule has 144 valence electrons. The molecule has 0 amide bonds. The van der Waals surface area contributed by atoms with Gasteiger partial charge in [-0.3, -0.25) is 9.67 Å². The second-order valence-electron chi connectivity index (χ2n) is 6.74. The van der Waals surface area contributed by atoms with Gasteiger partial charge in [-0.05, 0) is 35.0 Å². The summed E-state index contributed by atoms with van der Waals surface area (Å²) >= 11 is 3.30. The largest absolute Gasteiger partial charge is 0.275 e. The molecule has 0 saturated carbocycles. The normalized spacial score (nSPS) is 12.7. The van der Waals surface area contributed by atoms with E-state index in [2.05, 4.69) is 46.3 Å². The minimum absolute atomic E-state index is 0.363. The highest BCUT2D eigenvalue weighted by Crippen LogP contribution is 2.29. The number of nitrogens with zero attached hydrogens (tertiary/aromatic N) is 8. The zero-order valence-corrected chi connectivity index (χ0v) is 17.0. The maximum Gasteiger partial charge on any atom is 0.221 e. The fraction of sp³-hybridized carbons (Fsp3) is 0.158. The van der Waals surface area contributed by atoms with Crippen molar-refractivity contribution in [1.82, 2.24) is 39.7 Å². The summed E-state index contributed by atoms with van der Waals surface area (Å²) in [5, 5.41) is 13.2. The standard InChI is InChI=1S/C19H14BrFN8/c1-10(29-19-18(26-27-29)23-8-17(20)25-19)14-4-11-3-12(13-7-24-28(2)9-13)6-22-16(11)5-15(14)21/h3-10H,1-2H3. The monoisotopic (exact) mass is 452 g/mol. The number of fused-ring (bicyclic) bond motifs is 2. The van der Waals surface area contributed by atoms with Gasteiger partial charge in [0, 0.05) is 47.6 Å². The summed E-state index contributed by atoms with van der Waals surface area (Å²) in [7, 11) is 1.86. The average molecular weight is 453 g/mol. The van der Waals surface area contributed by atoms with Crippen LogP contribution in [0.3, 0.4) is 0 Å². The first-order valence-electron chi connectivity index (χ1n) is 8.81. The fourth-order valence-corrected chi connectivity index (χ4v) is 3.59. The van der Waals surface area contributed by atoms with Gasteiger partial charge in [0.1, 0.15) is 10.4 Å². The second kappa shape index (κ2) is 6.66. The maximum absolute atomic E-state index is 14.9. The van der Waals surface area contributed by atoms with Crippen LogP contribution in [0.2, 0.25) is 0 Å². The lowest BCUT2D eigenvalue weighted by molar-refractivity contribution is 0.518. The Morgan fingerprint density at radius 2 is 1.93 bits per heavy atom. The van der Waals surface area contributed by atoms with Crippen LogP contribution in [0, 0.1) is 5.82 Å². The van der Waals surface area contributed by atoms with E-state index in [1.54, 1.807) is 34.0 Å². The van der Waals surface area contributed by atoms with Gasteiger partial charge in [0.2, 0.25) is 5.65 Å². The molecule has 29 heavy (non-hydrogen) atoms. The van der Waals surface area contributed by atoms with E-state index in [-0.39, 0.29) is 5.82 Å². The highest BCUT2D eigenvalue weighted by atomic mass is 79.9. The topological polar surface area (TPSA) is 87.2 Å².